The van der Waals surface area contributed by atoms with Gasteiger partial charge in [-0.2, -0.15) is 14.6 Å². The Hall–Kier alpha value is -2.47. The Morgan fingerprint density at radius 1 is 1.24 bits per heavy atom. The number of fused-ring (bicyclic) bond motifs is 1. The van der Waals surface area contributed by atoms with Gasteiger partial charge in [-0.15, -0.1) is 0 Å². The van der Waals surface area contributed by atoms with E-state index in [1.54, 1.807) is 4.52 Å². The Bertz CT molecular complexity index is 725. The highest BCUT2D eigenvalue weighted by Gasteiger charge is 2.13. The number of aryl methyl sites for hydroxylation is 1. The number of anilines is 1. The quantitative estimate of drug-likeness (QED) is 0.767. The standard InChI is InChI=1S/C15H17N5O/c1-12-9-14(20-15(18-12)16-11-17-20)19(7-8-21)10-13-5-3-2-4-6-13/h2-6,9,11,21H,7-8,10H2,1H3. The minimum Gasteiger partial charge on any atom is -0.395 e. The van der Waals surface area contributed by atoms with Gasteiger partial charge in [-0.25, -0.2) is 4.98 Å². The molecule has 6 heteroatoms. The van der Waals surface area contributed by atoms with Gasteiger partial charge in [-0.3, -0.25) is 0 Å². The fraction of sp³-hybridized carbons (Fsp3) is 0.267. The molecule has 0 aliphatic rings. The van der Waals surface area contributed by atoms with Crippen molar-refractivity contribution in [1.82, 2.24) is 19.6 Å². The highest BCUT2D eigenvalue weighted by molar-refractivity contribution is 5.47. The first kappa shape index (κ1) is 13.5. The molecule has 0 fully saturated rings. The van der Waals surface area contributed by atoms with Crippen LogP contribution in [0.2, 0.25) is 0 Å². The van der Waals surface area contributed by atoms with Gasteiger partial charge in [0.15, 0.2) is 0 Å². The maximum absolute atomic E-state index is 9.37. The van der Waals surface area contributed by atoms with E-state index in [9.17, 15) is 5.11 Å². The second-order valence-corrected chi connectivity index (χ2v) is 4.86. The van der Waals surface area contributed by atoms with Crippen LogP contribution in [0.15, 0.2) is 42.7 Å². The van der Waals surface area contributed by atoms with Crippen molar-refractivity contribution in [2.75, 3.05) is 18.1 Å². The number of aliphatic hydroxyl groups excluding tert-OH is 1. The highest BCUT2D eigenvalue weighted by atomic mass is 16.3. The van der Waals surface area contributed by atoms with Crippen molar-refractivity contribution in [3.8, 4) is 0 Å². The van der Waals surface area contributed by atoms with E-state index in [1.807, 2.05) is 31.2 Å². The number of aliphatic hydroxyl groups is 1. The van der Waals surface area contributed by atoms with Gasteiger partial charge in [0.1, 0.15) is 12.1 Å². The predicted octanol–water partition coefficient (Wildman–Crippen LogP) is 1.43. The van der Waals surface area contributed by atoms with Crippen molar-refractivity contribution in [1.29, 1.82) is 0 Å². The normalized spacial score (nSPS) is 11.0. The Morgan fingerprint density at radius 2 is 2.05 bits per heavy atom. The third-order valence-corrected chi connectivity index (χ3v) is 3.27. The molecule has 1 aromatic carbocycles. The van der Waals surface area contributed by atoms with Gasteiger partial charge in [0.25, 0.3) is 5.78 Å². The predicted molar refractivity (Wildman–Crippen MR) is 80.1 cm³/mol. The molecule has 0 spiro atoms. The maximum atomic E-state index is 9.37. The summed E-state index contributed by atoms with van der Waals surface area (Å²) in [6.45, 7) is 3.22. The van der Waals surface area contributed by atoms with Gasteiger partial charge in [0, 0.05) is 24.8 Å². The minimum atomic E-state index is 0.0738. The fourth-order valence-electron chi connectivity index (χ4n) is 2.34. The number of hydrogen-bond donors (Lipinski definition) is 1. The maximum Gasteiger partial charge on any atom is 0.254 e. The van der Waals surface area contributed by atoms with E-state index in [4.69, 9.17) is 0 Å². The number of hydrogen-bond acceptors (Lipinski definition) is 5. The van der Waals surface area contributed by atoms with Crippen LogP contribution >= 0.6 is 0 Å². The molecule has 0 unspecified atom stereocenters. The van der Waals surface area contributed by atoms with Crippen LogP contribution < -0.4 is 4.90 Å². The second kappa shape index (κ2) is 5.88. The Balaban J connectivity index is 2.00. The number of rotatable bonds is 5. The first-order valence-corrected chi connectivity index (χ1v) is 6.85. The Labute approximate surface area is 122 Å². The number of aromatic nitrogens is 4. The summed E-state index contributed by atoms with van der Waals surface area (Å²) < 4.78 is 1.70. The summed E-state index contributed by atoms with van der Waals surface area (Å²) >= 11 is 0. The van der Waals surface area contributed by atoms with Crippen molar-refractivity contribution in [2.45, 2.75) is 13.5 Å². The van der Waals surface area contributed by atoms with Gasteiger partial charge in [0.2, 0.25) is 0 Å². The lowest BCUT2D eigenvalue weighted by molar-refractivity contribution is 0.301. The van der Waals surface area contributed by atoms with E-state index >= 15 is 0 Å². The molecular weight excluding hydrogens is 266 g/mol. The largest absolute Gasteiger partial charge is 0.395 e. The van der Waals surface area contributed by atoms with Crippen molar-refractivity contribution in [3.63, 3.8) is 0 Å². The first-order chi connectivity index (χ1) is 10.3. The molecule has 0 saturated carbocycles. The Kier molecular flexibility index (Phi) is 3.79. The third-order valence-electron chi connectivity index (χ3n) is 3.27. The summed E-state index contributed by atoms with van der Waals surface area (Å²) in [4.78, 5) is 10.6. The van der Waals surface area contributed by atoms with Crippen molar-refractivity contribution < 1.29 is 5.11 Å². The zero-order chi connectivity index (χ0) is 14.7. The van der Waals surface area contributed by atoms with Gasteiger partial charge in [0.05, 0.1) is 6.61 Å². The second-order valence-electron chi connectivity index (χ2n) is 4.86. The van der Waals surface area contributed by atoms with E-state index in [0.717, 1.165) is 11.5 Å². The Morgan fingerprint density at radius 3 is 2.81 bits per heavy atom. The summed E-state index contributed by atoms with van der Waals surface area (Å²) in [6.07, 6.45) is 1.49. The molecule has 3 rings (SSSR count). The summed E-state index contributed by atoms with van der Waals surface area (Å²) in [5, 5.41) is 13.6. The van der Waals surface area contributed by atoms with E-state index in [1.165, 1.54) is 11.9 Å². The third kappa shape index (κ3) is 2.85. The average molecular weight is 283 g/mol. The van der Waals surface area contributed by atoms with E-state index in [-0.39, 0.29) is 6.61 Å². The van der Waals surface area contributed by atoms with Gasteiger partial charge in [-0.1, -0.05) is 30.3 Å². The van der Waals surface area contributed by atoms with Crippen LogP contribution in [0.1, 0.15) is 11.3 Å². The fourth-order valence-corrected chi connectivity index (χ4v) is 2.34. The van der Waals surface area contributed by atoms with Crippen LogP contribution in [-0.2, 0) is 6.54 Å². The van der Waals surface area contributed by atoms with Gasteiger partial charge >= 0.3 is 0 Å². The zero-order valence-corrected chi connectivity index (χ0v) is 11.8. The molecule has 1 N–H and O–H groups in total. The zero-order valence-electron chi connectivity index (χ0n) is 11.8. The lowest BCUT2D eigenvalue weighted by Gasteiger charge is -2.24. The lowest BCUT2D eigenvalue weighted by atomic mass is 10.2. The number of benzene rings is 1. The van der Waals surface area contributed by atoms with Crippen molar-refractivity contribution in [2.24, 2.45) is 0 Å². The molecule has 6 nitrogen and oxygen atoms in total. The molecule has 0 radical (unpaired) electrons. The lowest BCUT2D eigenvalue weighted by Crippen LogP contribution is -2.28. The smallest absolute Gasteiger partial charge is 0.254 e. The molecule has 21 heavy (non-hydrogen) atoms. The van der Waals surface area contributed by atoms with E-state index < -0.39 is 0 Å². The van der Waals surface area contributed by atoms with Crippen LogP contribution in [0, 0.1) is 6.92 Å². The highest BCUT2D eigenvalue weighted by Crippen LogP contribution is 2.18. The molecule has 3 aromatic rings. The van der Waals surface area contributed by atoms with Crippen molar-refractivity contribution >= 4 is 11.6 Å². The van der Waals surface area contributed by atoms with Crippen LogP contribution in [0.5, 0.6) is 0 Å². The molecule has 0 aliphatic carbocycles. The average Bonchev–Trinajstić information content (AvgIpc) is 2.95. The molecule has 0 saturated heterocycles. The molecule has 108 valence electrons. The molecule has 0 atom stereocenters. The topological polar surface area (TPSA) is 66.5 Å². The molecule has 0 aliphatic heterocycles. The van der Waals surface area contributed by atoms with Crippen LogP contribution in [0.25, 0.3) is 5.78 Å². The summed E-state index contributed by atoms with van der Waals surface area (Å²) in [5.74, 6) is 1.45. The summed E-state index contributed by atoms with van der Waals surface area (Å²) in [6, 6.07) is 12.1. The molecular formula is C15H17N5O. The van der Waals surface area contributed by atoms with E-state index in [2.05, 4.69) is 32.1 Å². The summed E-state index contributed by atoms with van der Waals surface area (Å²) in [5.41, 5.74) is 2.05. The van der Waals surface area contributed by atoms with Gasteiger partial charge in [-0.05, 0) is 12.5 Å². The molecule has 2 aromatic heterocycles. The van der Waals surface area contributed by atoms with Gasteiger partial charge < -0.3 is 10.0 Å². The SMILES string of the molecule is Cc1cc(N(CCO)Cc2ccccc2)n2ncnc2n1. The monoisotopic (exact) mass is 283 g/mol. The van der Waals surface area contributed by atoms with E-state index in [0.29, 0.717) is 18.9 Å². The van der Waals surface area contributed by atoms with Crippen LogP contribution in [0.4, 0.5) is 5.82 Å². The molecule has 2 heterocycles. The molecule has 0 amide bonds. The first-order valence-electron chi connectivity index (χ1n) is 6.85. The van der Waals surface area contributed by atoms with Crippen LogP contribution in [0.3, 0.4) is 0 Å². The van der Waals surface area contributed by atoms with Crippen LogP contribution in [-0.4, -0.2) is 37.8 Å². The molecule has 0 bridgehead atoms. The van der Waals surface area contributed by atoms with Crippen molar-refractivity contribution in [3.05, 3.63) is 54.0 Å². The summed E-state index contributed by atoms with van der Waals surface area (Å²) in [7, 11) is 0. The number of nitrogens with zero attached hydrogens (tertiary/aromatic N) is 5. The minimum absolute atomic E-state index is 0.0738.